The summed E-state index contributed by atoms with van der Waals surface area (Å²) >= 11 is 3.47. The minimum Gasteiger partial charge on any atom is -0.394 e. The van der Waals surface area contributed by atoms with Crippen molar-refractivity contribution in [3.63, 3.8) is 0 Å². The highest BCUT2D eigenvalue weighted by atomic mass is 79.9. The second-order valence-electron chi connectivity index (χ2n) is 4.46. The van der Waals surface area contributed by atoms with Crippen molar-refractivity contribution in [2.24, 2.45) is 0 Å². The third-order valence-electron chi connectivity index (χ3n) is 3.38. The van der Waals surface area contributed by atoms with Gasteiger partial charge in [-0.25, -0.2) is 0 Å². The maximum absolute atomic E-state index is 9.40. The number of anilines is 1. The van der Waals surface area contributed by atoms with Crippen molar-refractivity contribution in [1.82, 2.24) is 0 Å². The monoisotopic (exact) mass is 299 g/mol. The van der Waals surface area contributed by atoms with E-state index in [0.29, 0.717) is 0 Å². The molecule has 0 amide bonds. The molecule has 17 heavy (non-hydrogen) atoms. The van der Waals surface area contributed by atoms with Crippen molar-refractivity contribution in [3.8, 4) is 0 Å². The van der Waals surface area contributed by atoms with Crippen molar-refractivity contribution in [2.75, 3.05) is 18.1 Å². The zero-order chi connectivity index (χ0) is 12.3. The molecule has 1 atom stereocenters. The molecular formula is C13H18BrNO2. The topological polar surface area (TPSA) is 43.7 Å². The molecular weight excluding hydrogens is 282 g/mol. The maximum atomic E-state index is 9.40. The van der Waals surface area contributed by atoms with Gasteiger partial charge in [-0.1, -0.05) is 22.0 Å². The molecule has 2 rings (SSSR count). The molecule has 1 aliphatic heterocycles. The van der Waals surface area contributed by atoms with Crippen LogP contribution < -0.4 is 4.90 Å². The van der Waals surface area contributed by atoms with Crippen LogP contribution in [0.2, 0.25) is 0 Å². The van der Waals surface area contributed by atoms with Crippen LogP contribution in [-0.4, -0.2) is 29.4 Å². The van der Waals surface area contributed by atoms with Gasteiger partial charge in [-0.3, -0.25) is 0 Å². The van der Waals surface area contributed by atoms with E-state index in [0.717, 1.165) is 28.7 Å². The molecule has 4 heteroatoms. The average Bonchev–Trinajstić information content (AvgIpc) is 2.38. The number of aliphatic hydroxyl groups excluding tert-OH is 2. The lowest BCUT2D eigenvalue weighted by Gasteiger charge is -2.36. The van der Waals surface area contributed by atoms with E-state index < -0.39 is 0 Å². The molecule has 0 radical (unpaired) electrons. The van der Waals surface area contributed by atoms with E-state index in [1.807, 2.05) is 18.2 Å². The molecule has 94 valence electrons. The van der Waals surface area contributed by atoms with Crippen LogP contribution in [0.4, 0.5) is 5.69 Å². The van der Waals surface area contributed by atoms with E-state index in [9.17, 15) is 5.11 Å². The molecule has 0 saturated carbocycles. The minimum atomic E-state index is 0.0459. The highest BCUT2D eigenvalue weighted by Crippen LogP contribution is 2.29. The smallest absolute Gasteiger partial charge is 0.0692 e. The number of rotatable bonds is 3. The molecule has 0 bridgehead atoms. The fraction of sp³-hybridized carbons (Fsp3) is 0.538. The van der Waals surface area contributed by atoms with Crippen molar-refractivity contribution < 1.29 is 10.2 Å². The molecule has 0 spiro atoms. The minimum absolute atomic E-state index is 0.0459. The van der Waals surface area contributed by atoms with Gasteiger partial charge < -0.3 is 15.1 Å². The Kier molecular flexibility index (Phi) is 4.42. The molecule has 1 aliphatic rings. The quantitative estimate of drug-likeness (QED) is 0.900. The molecule has 1 aromatic carbocycles. The summed E-state index contributed by atoms with van der Waals surface area (Å²) in [6.45, 7) is 1.25. The van der Waals surface area contributed by atoms with Gasteiger partial charge in [0.2, 0.25) is 0 Å². The molecule has 1 aromatic rings. The molecule has 3 nitrogen and oxygen atoms in total. The molecule has 1 heterocycles. The Morgan fingerprint density at radius 2 is 2.12 bits per heavy atom. The van der Waals surface area contributed by atoms with Gasteiger partial charge in [0.05, 0.1) is 19.3 Å². The van der Waals surface area contributed by atoms with Crippen LogP contribution in [0.15, 0.2) is 22.7 Å². The molecule has 1 saturated heterocycles. The summed E-state index contributed by atoms with van der Waals surface area (Å²) in [5.41, 5.74) is 2.01. The van der Waals surface area contributed by atoms with Crippen LogP contribution in [0.25, 0.3) is 0 Å². The van der Waals surface area contributed by atoms with E-state index in [1.54, 1.807) is 0 Å². The van der Waals surface area contributed by atoms with E-state index >= 15 is 0 Å². The normalized spacial score (nSPS) is 20.6. The predicted molar refractivity (Wildman–Crippen MR) is 72.1 cm³/mol. The summed E-state index contributed by atoms with van der Waals surface area (Å²) in [6, 6.07) is 6.21. The Labute approximate surface area is 110 Å². The van der Waals surface area contributed by atoms with E-state index in [1.165, 1.54) is 12.8 Å². The van der Waals surface area contributed by atoms with Crippen LogP contribution in [0.3, 0.4) is 0 Å². The van der Waals surface area contributed by atoms with Crippen molar-refractivity contribution >= 4 is 21.6 Å². The van der Waals surface area contributed by atoms with Crippen LogP contribution in [0, 0.1) is 0 Å². The van der Waals surface area contributed by atoms with Crippen LogP contribution in [0.1, 0.15) is 24.8 Å². The largest absolute Gasteiger partial charge is 0.394 e. The fourth-order valence-electron chi connectivity index (χ4n) is 2.37. The fourth-order valence-corrected chi connectivity index (χ4v) is 2.87. The van der Waals surface area contributed by atoms with Crippen LogP contribution in [-0.2, 0) is 6.61 Å². The van der Waals surface area contributed by atoms with Gasteiger partial charge in [-0.2, -0.15) is 0 Å². The summed E-state index contributed by atoms with van der Waals surface area (Å²) in [6.07, 6.45) is 3.42. The standard InChI is InChI=1S/C13H18BrNO2/c14-13-7-11(5-4-10(13)8-16)15-6-2-1-3-12(15)9-17/h4-5,7,12,16-17H,1-3,6,8-9H2. The number of halogens is 1. The number of hydrogen-bond donors (Lipinski definition) is 2. The number of aliphatic hydroxyl groups is 2. The summed E-state index contributed by atoms with van der Waals surface area (Å²) in [5.74, 6) is 0. The van der Waals surface area contributed by atoms with Gasteiger partial charge in [-0.15, -0.1) is 0 Å². The highest BCUT2D eigenvalue weighted by Gasteiger charge is 2.22. The third kappa shape index (κ3) is 2.81. The van der Waals surface area contributed by atoms with Crippen LogP contribution in [0.5, 0.6) is 0 Å². The zero-order valence-corrected chi connectivity index (χ0v) is 11.4. The van der Waals surface area contributed by atoms with Crippen molar-refractivity contribution in [2.45, 2.75) is 31.9 Å². The molecule has 2 N–H and O–H groups in total. The third-order valence-corrected chi connectivity index (χ3v) is 4.11. The summed E-state index contributed by atoms with van der Waals surface area (Å²) in [4.78, 5) is 2.26. The highest BCUT2D eigenvalue weighted by molar-refractivity contribution is 9.10. The lowest BCUT2D eigenvalue weighted by molar-refractivity contribution is 0.240. The SMILES string of the molecule is OCc1ccc(N2CCCCC2CO)cc1Br. The van der Waals surface area contributed by atoms with Crippen molar-refractivity contribution in [1.29, 1.82) is 0 Å². The van der Waals surface area contributed by atoms with Gasteiger partial charge >= 0.3 is 0 Å². The van der Waals surface area contributed by atoms with E-state index in [4.69, 9.17) is 5.11 Å². The first-order valence-electron chi connectivity index (χ1n) is 6.03. The number of nitrogens with zero attached hydrogens (tertiary/aromatic N) is 1. The molecule has 1 fully saturated rings. The first kappa shape index (κ1) is 12.9. The molecule has 0 aliphatic carbocycles. The number of hydrogen-bond acceptors (Lipinski definition) is 3. The van der Waals surface area contributed by atoms with Gasteiger partial charge in [0, 0.05) is 16.7 Å². The lowest BCUT2D eigenvalue weighted by Crippen LogP contribution is -2.41. The Hall–Kier alpha value is -0.580. The molecule has 1 unspecified atom stereocenters. The number of benzene rings is 1. The van der Waals surface area contributed by atoms with E-state index in [2.05, 4.69) is 20.8 Å². The summed E-state index contributed by atoms with van der Waals surface area (Å²) < 4.78 is 0.930. The summed E-state index contributed by atoms with van der Waals surface area (Å²) in [5, 5.41) is 18.5. The number of piperidine rings is 1. The first-order valence-corrected chi connectivity index (χ1v) is 6.82. The Morgan fingerprint density at radius 3 is 2.76 bits per heavy atom. The van der Waals surface area contributed by atoms with Crippen molar-refractivity contribution in [3.05, 3.63) is 28.2 Å². The second kappa shape index (κ2) is 5.85. The second-order valence-corrected chi connectivity index (χ2v) is 5.31. The Balaban J connectivity index is 2.23. The lowest BCUT2D eigenvalue weighted by atomic mass is 10.0. The van der Waals surface area contributed by atoms with E-state index in [-0.39, 0.29) is 19.3 Å². The zero-order valence-electron chi connectivity index (χ0n) is 9.77. The first-order chi connectivity index (χ1) is 8.26. The van der Waals surface area contributed by atoms with Gasteiger partial charge in [0.25, 0.3) is 0 Å². The van der Waals surface area contributed by atoms with Crippen LogP contribution >= 0.6 is 15.9 Å². The van der Waals surface area contributed by atoms with Gasteiger partial charge in [0.1, 0.15) is 0 Å². The predicted octanol–water partition coefficient (Wildman–Crippen LogP) is 2.29. The molecule has 0 aromatic heterocycles. The maximum Gasteiger partial charge on any atom is 0.0692 e. The van der Waals surface area contributed by atoms with Gasteiger partial charge in [-0.05, 0) is 37.0 Å². The summed E-state index contributed by atoms with van der Waals surface area (Å²) in [7, 11) is 0. The Morgan fingerprint density at radius 1 is 1.29 bits per heavy atom. The average molecular weight is 300 g/mol. The Bertz CT molecular complexity index is 384. The van der Waals surface area contributed by atoms with Gasteiger partial charge in [0.15, 0.2) is 0 Å².